The van der Waals surface area contributed by atoms with Crippen molar-refractivity contribution in [2.24, 2.45) is 5.92 Å². The van der Waals surface area contributed by atoms with Crippen LogP contribution < -0.4 is 15.5 Å². The number of hydrogen-bond donors (Lipinski definition) is 3. The Balaban J connectivity index is 2.00. The number of ether oxygens (including phenoxy) is 1. The van der Waals surface area contributed by atoms with Gasteiger partial charge in [0.15, 0.2) is 0 Å². The third-order valence-corrected chi connectivity index (χ3v) is 4.54. The lowest BCUT2D eigenvalue weighted by atomic mass is 9.87. The first kappa shape index (κ1) is 20.4. The van der Waals surface area contributed by atoms with Gasteiger partial charge in [-0.3, -0.25) is 15.0 Å². The standard InChI is InChI=1S/C20H20F2N4O3/c1-10(2)18(20(27)26-28)19-13(21)6-11(7-14(19)22)25-15-4-5-23-16-8-17(29-3)24-9-12(15)16/h4-10,18,28H,1-3H3,(H,23,25)(H,26,27). The molecule has 0 aliphatic heterocycles. The Hall–Kier alpha value is -3.33. The maximum absolute atomic E-state index is 14.8. The second-order valence-corrected chi connectivity index (χ2v) is 6.78. The van der Waals surface area contributed by atoms with Crippen molar-refractivity contribution in [2.75, 3.05) is 12.4 Å². The first-order valence-electron chi connectivity index (χ1n) is 8.84. The smallest absolute Gasteiger partial charge is 0.251 e. The van der Waals surface area contributed by atoms with E-state index in [2.05, 4.69) is 15.3 Å². The van der Waals surface area contributed by atoms with E-state index in [0.29, 0.717) is 22.5 Å². The first-order chi connectivity index (χ1) is 13.8. The number of nitrogens with one attached hydrogen (secondary N) is 2. The van der Waals surface area contributed by atoms with Gasteiger partial charge in [-0.05, 0) is 24.1 Å². The molecule has 152 valence electrons. The Bertz CT molecular complexity index is 1040. The zero-order valence-corrected chi connectivity index (χ0v) is 16.0. The van der Waals surface area contributed by atoms with E-state index in [1.54, 1.807) is 38.4 Å². The van der Waals surface area contributed by atoms with Crippen LogP contribution in [0.2, 0.25) is 0 Å². The molecule has 2 heterocycles. The molecule has 0 bridgehead atoms. The molecule has 0 saturated carbocycles. The molecule has 29 heavy (non-hydrogen) atoms. The zero-order valence-electron chi connectivity index (χ0n) is 16.0. The van der Waals surface area contributed by atoms with E-state index in [4.69, 9.17) is 9.94 Å². The van der Waals surface area contributed by atoms with Crippen LogP contribution in [0.5, 0.6) is 5.88 Å². The van der Waals surface area contributed by atoms with E-state index in [1.165, 1.54) is 12.6 Å². The summed E-state index contributed by atoms with van der Waals surface area (Å²) in [7, 11) is 1.49. The fourth-order valence-corrected chi connectivity index (χ4v) is 3.19. The predicted octanol–water partition coefficient (Wildman–Crippen LogP) is 3.91. The molecule has 3 N–H and O–H groups in total. The number of hydroxylamine groups is 1. The monoisotopic (exact) mass is 402 g/mol. The Morgan fingerprint density at radius 3 is 2.45 bits per heavy atom. The van der Waals surface area contributed by atoms with Crippen molar-refractivity contribution < 1.29 is 23.5 Å². The molecule has 9 heteroatoms. The highest BCUT2D eigenvalue weighted by molar-refractivity contribution is 5.92. The fraction of sp³-hybridized carbons (Fsp3) is 0.250. The minimum absolute atomic E-state index is 0.152. The fourth-order valence-electron chi connectivity index (χ4n) is 3.19. The van der Waals surface area contributed by atoms with Gasteiger partial charge in [0.2, 0.25) is 5.88 Å². The first-order valence-corrected chi connectivity index (χ1v) is 8.84. The summed E-state index contributed by atoms with van der Waals surface area (Å²) in [6.07, 6.45) is 3.09. The lowest BCUT2D eigenvalue weighted by molar-refractivity contribution is -0.131. The third kappa shape index (κ3) is 4.09. The van der Waals surface area contributed by atoms with Gasteiger partial charge in [0.1, 0.15) is 11.6 Å². The van der Waals surface area contributed by atoms with Gasteiger partial charge >= 0.3 is 0 Å². The van der Waals surface area contributed by atoms with E-state index in [-0.39, 0.29) is 5.69 Å². The lowest BCUT2D eigenvalue weighted by Crippen LogP contribution is -2.31. The van der Waals surface area contributed by atoms with Crippen LogP contribution in [0.1, 0.15) is 25.3 Å². The van der Waals surface area contributed by atoms with Crippen molar-refractivity contribution in [2.45, 2.75) is 19.8 Å². The van der Waals surface area contributed by atoms with Gasteiger partial charge in [-0.25, -0.2) is 19.2 Å². The molecule has 1 amide bonds. The van der Waals surface area contributed by atoms with Crippen LogP contribution >= 0.6 is 0 Å². The highest BCUT2D eigenvalue weighted by Crippen LogP contribution is 2.33. The molecule has 0 spiro atoms. The molecule has 1 unspecified atom stereocenters. The second-order valence-electron chi connectivity index (χ2n) is 6.78. The van der Waals surface area contributed by atoms with Crippen LogP contribution in [0.3, 0.4) is 0 Å². The molecule has 1 aromatic carbocycles. The molecule has 0 radical (unpaired) electrons. The van der Waals surface area contributed by atoms with Crippen molar-refractivity contribution in [1.29, 1.82) is 0 Å². The van der Waals surface area contributed by atoms with Gasteiger partial charge in [0.25, 0.3) is 5.91 Å². The summed E-state index contributed by atoms with van der Waals surface area (Å²) in [6.45, 7) is 3.27. The minimum atomic E-state index is -1.17. The van der Waals surface area contributed by atoms with Crippen molar-refractivity contribution >= 4 is 28.2 Å². The van der Waals surface area contributed by atoms with Crippen molar-refractivity contribution in [3.8, 4) is 5.88 Å². The van der Waals surface area contributed by atoms with Gasteiger partial charge in [-0.1, -0.05) is 13.8 Å². The molecular formula is C20H20F2N4O3. The normalized spacial score (nSPS) is 12.1. The third-order valence-electron chi connectivity index (χ3n) is 4.54. The van der Waals surface area contributed by atoms with Crippen LogP contribution in [-0.4, -0.2) is 28.2 Å². The Kier molecular flexibility index (Phi) is 5.88. The molecule has 0 aliphatic rings. The van der Waals surface area contributed by atoms with Gasteiger partial charge in [0.05, 0.1) is 24.2 Å². The number of halogens is 2. The van der Waals surface area contributed by atoms with Gasteiger partial charge in [-0.15, -0.1) is 0 Å². The maximum atomic E-state index is 14.8. The molecule has 2 aromatic heterocycles. The number of aromatic nitrogens is 2. The number of rotatable bonds is 6. The molecule has 3 aromatic rings. The number of methoxy groups -OCH3 is 1. The highest BCUT2D eigenvalue weighted by Gasteiger charge is 2.30. The maximum Gasteiger partial charge on any atom is 0.251 e. The number of amides is 1. The molecule has 7 nitrogen and oxygen atoms in total. The minimum Gasteiger partial charge on any atom is -0.481 e. The molecule has 1 atom stereocenters. The summed E-state index contributed by atoms with van der Waals surface area (Å²) in [6, 6.07) is 5.49. The summed E-state index contributed by atoms with van der Waals surface area (Å²) in [4.78, 5) is 20.3. The molecule has 0 aliphatic carbocycles. The molecular weight excluding hydrogens is 382 g/mol. The number of fused-ring (bicyclic) bond motifs is 1. The Morgan fingerprint density at radius 1 is 1.17 bits per heavy atom. The van der Waals surface area contributed by atoms with Crippen molar-refractivity contribution in [3.63, 3.8) is 0 Å². The number of nitrogens with zero attached hydrogens (tertiary/aromatic N) is 2. The van der Waals surface area contributed by atoms with E-state index >= 15 is 0 Å². The van der Waals surface area contributed by atoms with Crippen LogP contribution in [0.15, 0.2) is 36.7 Å². The summed E-state index contributed by atoms with van der Waals surface area (Å²) in [5, 5.41) is 12.5. The van der Waals surface area contributed by atoms with E-state index in [9.17, 15) is 13.6 Å². The van der Waals surface area contributed by atoms with Gasteiger partial charge < -0.3 is 10.1 Å². The largest absolute Gasteiger partial charge is 0.481 e. The van der Waals surface area contributed by atoms with Gasteiger partial charge in [-0.2, -0.15) is 0 Å². The molecule has 3 rings (SSSR count). The van der Waals surface area contributed by atoms with Crippen molar-refractivity contribution in [1.82, 2.24) is 15.4 Å². The average Bonchev–Trinajstić information content (AvgIpc) is 2.69. The quantitative estimate of drug-likeness (QED) is 0.427. The lowest BCUT2D eigenvalue weighted by Gasteiger charge is -2.21. The summed E-state index contributed by atoms with van der Waals surface area (Å²) >= 11 is 0. The van der Waals surface area contributed by atoms with E-state index < -0.39 is 34.9 Å². The summed E-state index contributed by atoms with van der Waals surface area (Å²) in [5.41, 5.74) is 2.37. The van der Waals surface area contributed by atoms with E-state index in [1.807, 2.05) is 0 Å². The summed E-state index contributed by atoms with van der Waals surface area (Å²) < 4.78 is 34.6. The number of carbonyl (C=O) groups is 1. The zero-order chi connectivity index (χ0) is 21.1. The van der Waals surface area contributed by atoms with Gasteiger partial charge in [0, 0.05) is 35.1 Å². The number of benzene rings is 1. The predicted molar refractivity (Wildman–Crippen MR) is 103 cm³/mol. The molecule has 0 saturated heterocycles. The number of carbonyl (C=O) groups excluding carboxylic acids is 1. The molecule has 0 fully saturated rings. The van der Waals surface area contributed by atoms with E-state index in [0.717, 1.165) is 12.1 Å². The number of hydrogen-bond acceptors (Lipinski definition) is 6. The highest BCUT2D eigenvalue weighted by atomic mass is 19.1. The second kappa shape index (κ2) is 8.36. The number of pyridine rings is 2. The Morgan fingerprint density at radius 2 is 1.86 bits per heavy atom. The van der Waals surface area contributed by atoms with Crippen LogP contribution in [0.4, 0.5) is 20.2 Å². The summed E-state index contributed by atoms with van der Waals surface area (Å²) in [5.74, 6) is -3.88. The van der Waals surface area contributed by atoms with Crippen molar-refractivity contribution in [3.05, 3.63) is 53.9 Å². The van der Waals surface area contributed by atoms with Crippen LogP contribution in [0, 0.1) is 17.6 Å². The Labute approximate surface area is 165 Å². The van der Waals surface area contributed by atoms with Crippen LogP contribution in [-0.2, 0) is 4.79 Å². The van der Waals surface area contributed by atoms with Crippen LogP contribution in [0.25, 0.3) is 10.9 Å². The number of anilines is 2. The topological polar surface area (TPSA) is 96.4 Å². The SMILES string of the molecule is COc1cc2nccc(Nc3cc(F)c(C(C(=O)NO)C(C)C)c(F)c3)c2cn1. The average molecular weight is 402 g/mol.